The van der Waals surface area contributed by atoms with Crippen LogP contribution in [0.4, 0.5) is 0 Å². The van der Waals surface area contributed by atoms with Crippen molar-refractivity contribution in [2.24, 2.45) is 5.73 Å². The van der Waals surface area contributed by atoms with Crippen molar-refractivity contribution in [2.45, 2.75) is 24.6 Å². The van der Waals surface area contributed by atoms with E-state index in [0.29, 0.717) is 11.4 Å². The van der Waals surface area contributed by atoms with Gasteiger partial charge in [-0.05, 0) is 24.1 Å². The number of benzene rings is 1. The lowest BCUT2D eigenvalue weighted by atomic mass is 10.0. The fraction of sp³-hybridized carbons (Fsp3) is 0.455. The van der Waals surface area contributed by atoms with Gasteiger partial charge in [0.25, 0.3) is 0 Å². The molecule has 0 aliphatic rings. The summed E-state index contributed by atoms with van der Waals surface area (Å²) in [5, 5.41) is 0.0667. The Hall–Kier alpha value is -0.580. The number of hydrogen-bond acceptors (Lipinski definition) is 3. The normalized spacial score (nSPS) is 15.8. The van der Waals surface area contributed by atoms with Gasteiger partial charge in [0.15, 0.2) is 9.84 Å². The molecule has 1 aromatic carbocycles. The van der Waals surface area contributed by atoms with Crippen molar-refractivity contribution in [2.75, 3.05) is 6.26 Å². The van der Waals surface area contributed by atoms with E-state index >= 15 is 0 Å². The van der Waals surface area contributed by atoms with E-state index in [-0.39, 0.29) is 0 Å². The highest BCUT2D eigenvalue weighted by Crippen LogP contribution is 2.23. The Morgan fingerprint density at radius 2 is 1.81 bits per heavy atom. The van der Waals surface area contributed by atoms with Crippen LogP contribution in [0.5, 0.6) is 0 Å². The van der Waals surface area contributed by atoms with Crippen LogP contribution < -0.4 is 5.73 Å². The first-order valence-electron chi connectivity index (χ1n) is 5.06. The summed E-state index contributed by atoms with van der Waals surface area (Å²) in [6, 6.07) is 6.45. The average Bonchev–Trinajstić information content (AvgIpc) is 2.17. The smallest absolute Gasteiger partial charge is 0.152 e. The van der Waals surface area contributed by atoms with Crippen LogP contribution in [-0.4, -0.2) is 19.9 Å². The summed E-state index contributed by atoms with van der Waals surface area (Å²) in [5.74, 6) is 0. The Labute approximate surface area is 102 Å². The lowest BCUT2D eigenvalue weighted by molar-refractivity contribution is 0.553. The minimum atomic E-state index is -3.13. The molecular formula is C11H16ClNO2S. The molecule has 0 saturated carbocycles. The molecule has 2 atom stereocenters. The molecule has 0 aromatic heterocycles. The first-order valence-corrected chi connectivity index (χ1v) is 7.39. The topological polar surface area (TPSA) is 60.2 Å². The van der Waals surface area contributed by atoms with Crippen LogP contribution in [0, 0.1) is 0 Å². The number of halogens is 1. The van der Waals surface area contributed by atoms with Crippen molar-refractivity contribution < 1.29 is 8.42 Å². The molecule has 0 heterocycles. The molecule has 0 saturated heterocycles. The van der Waals surface area contributed by atoms with Crippen molar-refractivity contribution in [1.29, 1.82) is 0 Å². The van der Waals surface area contributed by atoms with Gasteiger partial charge in [-0.15, -0.1) is 0 Å². The van der Waals surface area contributed by atoms with Crippen LogP contribution in [0.3, 0.4) is 0 Å². The standard InChI is InChI=1S/C11H16ClNO2S/c1-3-10(16(2,14)15)11(13)8-4-6-9(12)7-5-8/h4-7,10-11H,3,13H2,1-2H3/t10-,11+/m1/s1. The van der Waals surface area contributed by atoms with Crippen LogP contribution in [0.1, 0.15) is 24.9 Å². The van der Waals surface area contributed by atoms with Gasteiger partial charge in [-0.25, -0.2) is 8.42 Å². The molecule has 0 radical (unpaired) electrons. The monoisotopic (exact) mass is 261 g/mol. The summed E-state index contributed by atoms with van der Waals surface area (Å²) >= 11 is 5.76. The first kappa shape index (κ1) is 13.5. The number of hydrogen-bond donors (Lipinski definition) is 1. The van der Waals surface area contributed by atoms with Crippen molar-refractivity contribution in [3.63, 3.8) is 0 Å². The van der Waals surface area contributed by atoms with Crippen LogP contribution in [0.2, 0.25) is 5.02 Å². The van der Waals surface area contributed by atoms with Gasteiger partial charge in [0.05, 0.1) is 5.25 Å². The maximum Gasteiger partial charge on any atom is 0.152 e. The summed E-state index contributed by atoms with van der Waals surface area (Å²) < 4.78 is 23.1. The van der Waals surface area contributed by atoms with E-state index in [0.717, 1.165) is 5.56 Å². The molecule has 1 rings (SSSR count). The molecule has 0 unspecified atom stereocenters. The Morgan fingerprint density at radius 3 is 2.19 bits per heavy atom. The summed E-state index contributed by atoms with van der Waals surface area (Å²) in [5.41, 5.74) is 6.76. The van der Waals surface area contributed by atoms with Crippen LogP contribution >= 0.6 is 11.6 Å². The summed E-state index contributed by atoms with van der Waals surface area (Å²) in [6.45, 7) is 1.82. The van der Waals surface area contributed by atoms with Crippen molar-refractivity contribution in [3.8, 4) is 0 Å². The molecule has 0 bridgehead atoms. The van der Waals surface area contributed by atoms with E-state index in [4.69, 9.17) is 17.3 Å². The summed E-state index contributed by atoms with van der Waals surface area (Å²) in [4.78, 5) is 0. The highest BCUT2D eigenvalue weighted by Gasteiger charge is 2.26. The predicted octanol–water partition coefficient (Wildman–Crippen LogP) is 2.16. The van der Waals surface area contributed by atoms with Gasteiger partial charge >= 0.3 is 0 Å². The van der Waals surface area contributed by atoms with Crippen molar-refractivity contribution in [3.05, 3.63) is 34.9 Å². The number of sulfone groups is 1. The largest absolute Gasteiger partial charge is 0.323 e. The zero-order chi connectivity index (χ0) is 12.3. The Morgan fingerprint density at radius 1 is 1.31 bits per heavy atom. The van der Waals surface area contributed by atoms with Gasteiger partial charge in [-0.3, -0.25) is 0 Å². The molecule has 0 amide bonds. The second-order valence-corrected chi connectivity index (χ2v) is 6.55. The van der Waals surface area contributed by atoms with Gasteiger partial charge in [0.1, 0.15) is 0 Å². The minimum Gasteiger partial charge on any atom is -0.323 e. The second kappa shape index (κ2) is 5.17. The Kier molecular flexibility index (Phi) is 4.35. The summed E-state index contributed by atoms with van der Waals surface area (Å²) in [7, 11) is -3.13. The molecule has 0 aliphatic carbocycles. The van der Waals surface area contributed by atoms with E-state index in [1.165, 1.54) is 6.26 Å². The highest BCUT2D eigenvalue weighted by molar-refractivity contribution is 7.91. The Balaban J connectivity index is 3.00. The third kappa shape index (κ3) is 3.20. The molecule has 2 N–H and O–H groups in total. The van der Waals surface area contributed by atoms with E-state index in [9.17, 15) is 8.42 Å². The van der Waals surface area contributed by atoms with Gasteiger partial charge in [-0.2, -0.15) is 0 Å². The number of nitrogens with two attached hydrogens (primary N) is 1. The zero-order valence-corrected chi connectivity index (χ0v) is 10.9. The quantitative estimate of drug-likeness (QED) is 0.904. The predicted molar refractivity (Wildman–Crippen MR) is 67.3 cm³/mol. The van der Waals surface area contributed by atoms with Gasteiger partial charge in [0, 0.05) is 17.3 Å². The minimum absolute atomic E-state index is 0.503. The fourth-order valence-corrected chi connectivity index (χ4v) is 3.14. The van der Waals surface area contributed by atoms with Crippen LogP contribution in [0.15, 0.2) is 24.3 Å². The highest BCUT2D eigenvalue weighted by atomic mass is 35.5. The second-order valence-electron chi connectivity index (χ2n) is 3.85. The first-order chi connectivity index (χ1) is 7.36. The third-order valence-electron chi connectivity index (χ3n) is 2.61. The van der Waals surface area contributed by atoms with Crippen LogP contribution in [0.25, 0.3) is 0 Å². The van der Waals surface area contributed by atoms with E-state index in [2.05, 4.69) is 0 Å². The van der Waals surface area contributed by atoms with E-state index in [1.54, 1.807) is 24.3 Å². The molecule has 3 nitrogen and oxygen atoms in total. The molecule has 90 valence electrons. The maximum absolute atomic E-state index is 11.5. The molecule has 0 fully saturated rings. The zero-order valence-electron chi connectivity index (χ0n) is 9.35. The molecule has 0 spiro atoms. The fourth-order valence-electron chi connectivity index (χ4n) is 1.72. The van der Waals surface area contributed by atoms with E-state index < -0.39 is 21.1 Å². The SMILES string of the molecule is CC[C@H]([C@@H](N)c1ccc(Cl)cc1)S(C)(=O)=O. The van der Waals surface area contributed by atoms with Crippen molar-refractivity contribution >= 4 is 21.4 Å². The lowest BCUT2D eigenvalue weighted by Gasteiger charge is -2.21. The average molecular weight is 262 g/mol. The number of rotatable bonds is 4. The molecule has 16 heavy (non-hydrogen) atoms. The molecule has 5 heteroatoms. The maximum atomic E-state index is 11.5. The Bertz CT molecular complexity index is 442. The molecular weight excluding hydrogens is 246 g/mol. The molecule has 0 aliphatic heterocycles. The van der Waals surface area contributed by atoms with Gasteiger partial charge in [-0.1, -0.05) is 30.7 Å². The van der Waals surface area contributed by atoms with Gasteiger partial charge < -0.3 is 5.73 Å². The molecule has 1 aromatic rings. The lowest BCUT2D eigenvalue weighted by Crippen LogP contribution is -2.32. The van der Waals surface area contributed by atoms with Crippen LogP contribution in [-0.2, 0) is 9.84 Å². The van der Waals surface area contributed by atoms with E-state index in [1.807, 2.05) is 6.92 Å². The summed E-state index contributed by atoms with van der Waals surface area (Å²) in [6.07, 6.45) is 1.72. The third-order valence-corrected chi connectivity index (χ3v) is 4.59. The van der Waals surface area contributed by atoms with Gasteiger partial charge in [0.2, 0.25) is 0 Å². The van der Waals surface area contributed by atoms with Crippen molar-refractivity contribution in [1.82, 2.24) is 0 Å².